The average Bonchev–Trinajstić information content (AvgIpc) is 3.36. The molecule has 0 bridgehead atoms. The van der Waals surface area contributed by atoms with Crippen molar-refractivity contribution >= 4 is 17.9 Å². The Labute approximate surface area is 430 Å². The summed E-state index contributed by atoms with van der Waals surface area (Å²) in [6.07, 6.45) is 80.1. The van der Waals surface area contributed by atoms with E-state index in [-0.39, 0.29) is 44.0 Å². The minimum atomic E-state index is -0.843. The lowest BCUT2D eigenvalue weighted by Crippen LogP contribution is -2.30. The summed E-state index contributed by atoms with van der Waals surface area (Å²) in [6, 6.07) is 0. The highest BCUT2D eigenvalue weighted by atomic mass is 16.6. The zero-order chi connectivity index (χ0) is 50.7. The zero-order valence-electron chi connectivity index (χ0n) is 45.0. The van der Waals surface area contributed by atoms with Crippen LogP contribution in [0, 0.1) is 0 Å². The molecule has 0 aromatic carbocycles. The molecule has 70 heavy (non-hydrogen) atoms. The molecule has 0 aliphatic heterocycles. The highest BCUT2D eigenvalue weighted by Crippen LogP contribution is 2.11. The summed E-state index contributed by atoms with van der Waals surface area (Å²) in [5, 5.41) is 0. The van der Waals surface area contributed by atoms with Gasteiger partial charge in [-0.05, 0) is 122 Å². The Morgan fingerprint density at radius 3 is 1.00 bits per heavy atom. The Kier molecular flexibility index (Phi) is 53.5. The molecule has 394 valence electrons. The van der Waals surface area contributed by atoms with E-state index >= 15 is 0 Å². The van der Waals surface area contributed by atoms with Gasteiger partial charge in [0, 0.05) is 19.3 Å². The van der Waals surface area contributed by atoms with Gasteiger partial charge in [-0.1, -0.05) is 225 Å². The van der Waals surface area contributed by atoms with Crippen molar-refractivity contribution in [3.63, 3.8) is 0 Å². The summed E-state index contributed by atoms with van der Waals surface area (Å²) < 4.78 is 16.7. The fourth-order valence-electron chi connectivity index (χ4n) is 7.13. The highest BCUT2D eigenvalue weighted by molar-refractivity contribution is 5.71. The lowest BCUT2D eigenvalue weighted by molar-refractivity contribution is -0.167. The van der Waals surface area contributed by atoms with Crippen LogP contribution in [0.2, 0.25) is 0 Å². The van der Waals surface area contributed by atoms with E-state index in [4.69, 9.17) is 14.2 Å². The van der Waals surface area contributed by atoms with Crippen molar-refractivity contribution in [1.29, 1.82) is 0 Å². The molecule has 0 radical (unpaired) electrons. The number of carbonyl (C=O) groups is 3. The molecule has 0 aliphatic carbocycles. The van der Waals surface area contributed by atoms with Crippen LogP contribution in [-0.4, -0.2) is 37.2 Å². The maximum Gasteiger partial charge on any atom is 0.306 e. The van der Waals surface area contributed by atoms with Crippen LogP contribution in [0.1, 0.15) is 233 Å². The highest BCUT2D eigenvalue weighted by Gasteiger charge is 2.19. The number of unbranched alkanes of at least 4 members (excludes halogenated alkanes) is 18. The van der Waals surface area contributed by atoms with Crippen LogP contribution in [0.4, 0.5) is 0 Å². The van der Waals surface area contributed by atoms with Gasteiger partial charge in [-0.2, -0.15) is 0 Å². The molecule has 0 aliphatic rings. The van der Waals surface area contributed by atoms with Crippen molar-refractivity contribution in [2.75, 3.05) is 13.2 Å². The molecule has 0 aromatic heterocycles. The van der Waals surface area contributed by atoms with Crippen LogP contribution in [0.5, 0.6) is 0 Å². The maximum atomic E-state index is 12.8. The molecule has 0 aromatic rings. The van der Waals surface area contributed by atoms with Gasteiger partial charge in [0.15, 0.2) is 6.10 Å². The largest absolute Gasteiger partial charge is 0.462 e. The Bertz CT molecular complexity index is 1530. The number of hydrogen-bond donors (Lipinski definition) is 0. The van der Waals surface area contributed by atoms with Gasteiger partial charge in [-0.25, -0.2) is 0 Å². The number of esters is 3. The van der Waals surface area contributed by atoms with Crippen LogP contribution < -0.4 is 0 Å². The van der Waals surface area contributed by atoms with E-state index in [0.717, 1.165) is 96.3 Å². The van der Waals surface area contributed by atoms with Crippen molar-refractivity contribution in [3.05, 3.63) is 134 Å². The molecule has 0 rings (SSSR count). The molecule has 6 heteroatoms. The van der Waals surface area contributed by atoms with E-state index in [9.17, 15) is 14.4 Å². The normalized spacial score (nSPS) is 13.1. The summed E-state index contributed by atoms with van der Waals surface area (Å²) in [4.78, 5) is 38.1. The van der Waals surface area contributed by atoms with Crippen LogP contribution in [0.3, 0.4) is 0 Å². The van der Waals surface area contributed by atoms with E-state index in [0.29, 0.717) is 19.3 Å². The maximum absolute atomic E-state index is 12.8. The standard InChI is InChI=1S/C64H102O6/c1-4-7-10-13-16-19-22-25-28-31-34-36-39-42-45-48-51-54-57-63(66)69-60-61(70-64(67)58-55-52-49-46-43-40-37-33-30-27-24-21-18-15-12-9-6-3)59-68-62(65)56-53-50-47-44-41-38-35-32-29-26-23-20-17-14-11-8-5-2/h17-18,20-22,25-31,34-38,40,44,46-47,49,61H,4-16,19,23-24,32-33,39,41-43,45,48,50-60H2,1-3H3/b20-17-,21-18-,25-22-,29-26-,30-27-,31-28-,36-34-,38-35-,40-37-,47-44-,49-46-. The molecule has 1 unspecified atom stereocenters. The molecular weight excluding hydrogens is 865 g/mol. The van der Waals surface area contributed by atoms with Crippen LogP contribution in [0.25, 0.3) is 0 Å². The molecule has 0 amide bonds. The van der Waals surface area contributed by atoms with Gasteiger partial charge in [0.1, 0.15) is 13.2 Å². The van der Waals surface area contributed by atoms with Gasteiger partial charge in [-0.15, -0.1) is 0 Å². The Hall–Kier alpha value is -4.45. The molecule has 0 heterocycles. The third-order valence-electron chi connectivity index (χ3n) is 11.4. The number of ether oxygens (including phenoxy) is 3. The van der Waals surface area contributed by atoms with E-state index in [2.05, 4.69) is 154 Å². The molecule has 6 nitrogen and oxygen atoms in total. The Morgan fingerprint density at radius 1 is 0.300 bits per heavy atom. The van der Waals surface area contributed by atoms with Gasteiger partial charge in [-0.3, -0.25) is 14.4 Å². The molecule has 0 saturated heterocycles. The van der Waals surface area contributed by atoms with E-state index in [1.165, 1.54) is 83.5 Å². The van der Waals surface area contributed by atoms with Gasteiger partial charge in [0.05, 0.1) is 0 Å². The van der Waals surface area contributed by atoms with Gasteiger partial charge in [0.25, 0.3) is 0 Å². The zero-order valence-corrected chi connectivity index (χ0v) is 45.0. The van der Waals surface area contributed by atoms with E-state index in [1.54, 1.807) is 0 Å². The smallest absolute Gasteiger partial charge is 0.306 e. The van der Waals surface area contributed by atoms with E-state index < -0.39 is 6.10 Å². The predicted octanol–water partition coefficient (Wildman–Crippen LogP) is 19.0. The first-order chi connectivity index (χ1) is 34.5. The van der Waals surface area contributed by atoms with Crippen molar-refractivity contribution < 1.29 is 28.6 Å². The predicted molar refractivity (Wildman–Crippen MR) is 302 cm³/mol. The summed E-state index contributed by atoms with van der Waals surface area (Å²) in [7, 11) is 0. The fraction of sp³-hybridized carbons (Fsp3) is 0.609. The SMILES string of the molecule is CCCCC/C=C\C/C=C\C/C=C\C/C=C\CCCC(=O)OCC(COC(=O)CCCCCCC\C=C/C=C\C=C/CCCCCCC)OC(=O)CCC/C=C\C/C=C\C/C=C\C/C=C\CCCCC. The summed E-state index contributed by atoms with van der Waals surface area (Å²) in [5.41, 5.74) is 0. The average molecular weight is 968 g/mol. The van der Waals surface area contributed by atoms with Gasteiger partial charge in [0.2, 0.25) is 0 Å². The topological polar surface area (TPSA) is 78.9 Å². The number of allylic oxidation sites excluding steroid dienone is 22. The van der Waals surface area contributed by atoms with Crippen molar-refractivity contribution in [3.8, 4) is 0 Å². The quantitative estimate of drug-likeness (QED) is 0.0199. The lowest BCUT2D eigenvalue weighted by Gasteiger charge is -2.18. The summed E-state index contributed by atoms with van der Waals surface area (Å²) in [5.74, 6) is -1.07. The molecule has 0 N–H and O–H groups in total. The van der Waals surface area contributed by atoms with Crippen LogP contribution in [-0.2, 0) is 28.6 Å². The Balaban J connectivity index is 4.63. The number of hydrogen-bond acceptors (Lipinski definition) is 6. The summed E-state index contributed by atoms with van der Waals surface area (Å²) in [6.45, 7) is 6.44. The minimum Gasteiger partial charge on any atom is -0.462 e. The minimum absolute atomic E-state index is 0.132. The third-order valence-corrected chi connectivity index (χ3v) is 11.4. The molecular formula is C64H102O6. The lowest BCUT2D eigenvalue weighted by atomic mass is 10.1. The van der Waals surface area contributed by atoms with E-state index in [1.807, 2.05) is 0 Å². The number of carbonyl (C=O) groups excluding carboxylic acids is 3. The fourth-order valence-corrected chi connectivity index (χ4v) is 7.13. The first-order valence-electron chi connectivity index (χ1n) is 28.2. The third kappa shape index (κ3) is 54.5. The monoisotopic (exact) mass is 967 g/mol. The van der Waals surface area contributed by atoms with Gasteiger partial charge < -0.3 is 14.2 Å². The first kappa shape index (κ1) is 65.5. The molecule has 1 atom stereocenters. The molecule has 0 fully saturated rings. The Morgan fingerprint density at radius 2 is 0.586 bits per heavy atom. The molecule has 0 spiro atoms. The second-order valence-electron chi connectivity index (χ2n) is 18.2. The van der Waals surface area contributed by atoms with Crippen molar-refractivity contribution in [1.82, 2.24) is 0 Å². The van der Waals surface area contributed by atoms with Crippen LogP contribution in [0.15, 0.2) is 134 Å². The first-order valence-corrected chi connectivity index (χ1v) is 28.2. The van der Waals surface area contributed by atoms with Crippen LogP contribution >= 0.6 is 0 Å². The van der Waals surface area contributed by atoms with Crippen molar-refractivity contribution in [2.24, 2.45) is 0 Å². The van der Waals surface area contributed by atoms with Crippen molar-refractivity contribution in [2.45, 2.75) is 239 Å². The summed E-state index contributed by atoms with van der Waals surface area (Å²) >= 11 is 0. The second-order valence-corrected chi connectivity index (χ2v) is 18.2. The van der Waals surface area contributed by atoms with Gasteiger partial charge >= 0.3 is 17.9 Å². The number of rotatable bonds is 49. The molecule has 0 saturated carbocycles. The second kappa shape index (κ2) is 57.1.